The van der Waals surface area contributed by atoms with E-state index in [2.05, 4.69) is 10.5 Å². The molecule has 3 rings (SSSR count). The minimum atomic E-state index is -3.93. The van der Waals surface area contributed by atoms with Crippen molar-refractivity contribution < 1.29 is 17.9 Å². The monoisotopic (exact) mass is 429 g/mol. The van der Waals surface area contributed by atoms with Crippen LogP contribution in [0.25, 0.3) is 0 Å². The van der Waals surface area contributed by atoms with Crippen LogP contribution in [0.3, 0.4) is 0 Å². The quantitative estimate of drug-likeness (QED) is 0.537. The Morgan fingerprint density at radius 2 is 1.63 bits per heavy atom. The lowest BCUT2D eigenvalue weighted by atomic mass is 10.2. The number of benzene rings is 2. The first-order chi connectivity index (χ1) is 14.5. The van der Waals surface area contributed by atoms with Gasteiger partial charge in [-0.25, -0.2) is 13.8 Å². The summed E-state index contributed by atoms with van der Waals surface area (Å²) in [6.07, 6.45) is 6.21. The highest BCUT2D eigenvalue weighted by molar-refractivity contribution is 7.92. The van der Waals surface area contributed by atoms with Gasteiger partial charge in [0.25, 0.3) is 15.9 Å². The van der Waals surface area contributed by atoms with Crippen molar-refractivity contribution in [2.75, 3.05) is 18.0 Å². The number of hydrazone groups is 1. The lowest BCUT2D eigenvalue weighted by Crippen LogP contribution is -2.39. The Morgan fingerprint density at radius 1 is 1.00 bits per heavy atom. The predicted molar refractivity (Wildman–Crippen MR) is 117 cm³/mol. The number of carbonyl (C=O) groups is 1. The lowest BCUT2D eigenvalue weighted by molar-refractivity contribution is -0.119. The molecule has 0 heterocycles. The summed E-state index contributed by atoms with van der Waals surface area (Å²) in [5, 5.41) is 4.25. The summed E-state index contributed by atoms with van der Waals surface area (Å²) in [6, 6.07) is 14.6. The third kappa shape index (κ3) is 5.60. The van der Waals surface area contributed by atoms with Crippen LogP contribution in [0.4, 0.5) is 5.69 Å². The Kier molecular flexibility index (Phi) is 7.46. The van der Waals surface area contributed by atoms with E-state index < -0.39 is 15.9 Å². The van der Waals surface area contributed by atoms with Gasteiger partial charge in [0.1, 0.15) is 12.3 Å². The Morgan fingerprint density at radius 3 is 2.23 bits per heavy atom. The van der Waals surface area contributed by atoms with Gasteiger partial charge in [-0.2, -0.15) is 5.10 Å². The predicted octanol–water partition coefficient (Wildman–Crippen LogP) is 3.72. The van der Waals surface area contributed by atoms with Crippen molar-refractivity contribution in [1.29, 1.82) is 0 Å². The van der Waals surface area contributed by atoms with Gasteiger partial charge in [0.2, 0.25) is 0 Å². The number of rotatable bonds is 7. The molecule has 7 nitrogen and oxygen atoms in total. The number of ether oxygens (including phenoxy) is 1. The molecule has 0 spiro atoms. The van der Waals surface area contributed by atoms with Gasteiger partial charge >= 0.3 is 0 Å². The number of amides is 1. The number of carbonyl (C=O) groups excluding carboxylic acids is 1. The molecule has 1 aliphatic carbocycles. The highest BCUT2D eigenvalue weighted by Gasteiger charge is 2.27. The molecular weight excluding hydrogens is 402 g/mol. The molecule has 1 saturated carbocycles. The van der Waals surface area contributed by atoms with Crippen LogP contribution in [-0.2, 0) is 14.8 Å². The van der Waals surface area contributed by atoms with E-state index >= 15 is 0 Å². The van der Waals surface area contributed by atoms with Crippen molar-refractivity contribution >= 4 is 27.3 Å². The van der Waals surface area contributed by atoms with Crippen molar-refractivity contribution in [3.05, 3.63) is 54.6 Å². The molecule has 2 aromatic rings. The number of sulfonamides is 1. The van der Waals surface area contributed by atoms with Gasteiger partial charge in [0.15, 0.2) is 0 Å². The van der Waals surface area contributed by atoms with E-state index in [1.54, 1.807) is 42.5 Å². The van der Waals surface area contributed by atoms with Gasteiger partial charge in [-0.1, -0.05) is 31.0 Å². The first kappa shape index (κ1) is 21.8. The average Bonchev–Trinajstić information content (AvgIpc) is 3.05. The molecule has 8 heteroatoms. The van der Waals surface area contributed by atoms with Crippen LogP contribution in [0, 0.1) is 0 Å². The van der Waals surface area contributed by atoms with E-state index in [9.17, 15) is 13.2 Å². The highest BCUT2D eigenvalue weighted by Crippen LogP contribution is 2.25. The zero-order valence-electron chi connectivity index (χ0n) is 17.1. The minimum Gasteiger partial charge on any atom is -0.497 e. The second-order valence-corrected chi connectivity index (χ2v) is 9.01. The third-order valence-corrected chi connectivity index (χ3v) is 6.79. The highest BCUT2D eigenvalue weighted by atomic mass is 32.2. The Labute approximate surface area is 177 Å². The summed E-state index contributed by atoms with van der Waals surface area (Å²) in [7, 11) is -2.40. The zero-order chi connectivity index (χ0) is 21.4. The van der Waals surface area contributed by atoms with E-state index in [0.29, 0.717) is 11.4 Å². The number of hydrogen-bond acceptors (Lipinski definition) is 5. The molecule has 0 saturated heterocycles. The van der Waals surface area contributed by atoms with E-state index in [1.165, 1.54) is 32.1 Å². The molecule has 0 atom stereocenters. The van der Waals surface area contributed by atoms with Crippen molar-refractivity contribution in [2.24, 2.45) is 5.10 Å². The van der Waals surface area contributed by atoms with Crippen LogP contribution in [0.5, 0.6) is 5.75 Å². The van der Waals surface area contributed by atoms with Crippen LogP contribution in [0.1, 0.15) is 38.5 Å². The summed E-state index contributed by atoms with van der Waals surface area (Å²) in [5.41, 5.74) is 3.88. The summed E-state index contributed by atoms with van der Waals surface area (Å²) in [6.45, 7) is -0.375. The Bertz CT molecular complexity index is 963. The van der Waals surface area contributed by atoms with Crippen molar-refractivity contribution in [1.82, 2.24) is 5.43 Å². The molecule has 1 aliphatic rings. The van der Waals surface area contributed by atoms with Crippen LogP contribution < -0.4 is 14.5 Å². The number of hydrogen-bond donors (Lipinski definition) is 1. The van der Waals surface area contributed by atoms with Crippen molar-refractivity contribution in [2.45, 2.75) is 43.4 Å². The molecule has 0 unspecified atom stereocenters. The van der Waals surface area contributed by atoms with Crippen molar-refractivity contribution in [3.8, 4) is 5.75 Å². The fourth-order valence-corrected chi connectivity index (χ4v) is 4.78. The maximum absolute atomic E-state index is 13.3. The number of nitrogens with one attached hydrogen (secondary N) is 1. The largest absolute Gasteiger partial charge is 0.497 e. The maximum Gasteiger partial charge on any atom is 0.264 e. The molecule has 0 radical (unpaired) electrons. The normalized spacial score (nSPS) is 14.5. The summed E-state index contributed by atoms with van der Waals surface area (Å²) >= 11 is 0. The topological polar surface area (TPSA) is 88.1 Å². The zero-order valence-corrected chi connectivity index (χ0v) is 17.9. The number of nitrogens with zero attached hydrogens (tertiary/aromatic N) is 2. The molecular formula is C22H27N3O4S. The van der Waals surface area contributed by atoms with Gasteiger partial charge in [0, 0.05) is 5.71 Å². The first-order valence-electron chi connectivity index (χ1n) is 10.1. The third-order valence-electron chi connectivity index (χ3n) is 5.00. The minimum absolute atomic E-state index is 0.115. The van der Waals surface area contributed by atoms with Gasteiger partial charge in [-0.15, -0.1) is 0 Å². The van der Waals surface area contributed by atoms with Crippen molar-refractivity contribution in [3.63, 3.8) is 0 Å². The number of methoxy groups -OCH3 is 1. The fraction of sp³-hybridized carbons (Fsp3) is 0.364. The Hall–Kier alpha value is -2.87. The molecule has 160 valence electrons. The molecule has 0 aromatic heterocycles. The van der Waals surface area contributed by atoms with E-state index in [-0.39, 0.29) is 11.4 Å². The molecule has 30 heavy (non-hydrogen) atoms. The van der Waals surface area contributed by atoms with Gasteiger partial charge in [-0.3, -0.25) is 9.10 Å². The van der Waals surface area contributed by atoms with Gasteiger partial charge in [0.05, 0.1) is 17.7 Å². The standard InChI is InChI=1S/C22H27N3O4S/c1-29-20-15-13-19(14-16-20)25(30(27,28)21-11-7-4-8-12-21)17-22(26)24-23-18-9-5-2-3-6-10-18/h4,7-8,11-16H,2-3,5-6,9-10,17H2,1H3,(H,24,26). The van der Waals surface area contributed by atoms with E-state index in [1.807, 2.05) is 0 Å². The molecule has 0 aliphatic heterocycles. The lowest BCUT2D eigenvalue weighted by Gasteiger charge is -2.24. The SMILES string of the molecule is COc1ccc(N(CC(=O)NN=C2CCCCCC2)S(=O)(=O)c2ccccc2)cc1. The second kappa shape index (κ2) is 10.2. The maximum atomic E-state index is 13.3. The molecule has 2 aromatic carbocycles. The fourth-order valence-electron chi connectivity index (χ4n) is 3.34. The smallest absolute Gasteiger partial charge is 0.264 e. The van der Waals surface area contributed by atoms with E-state index in [4.69, 9.17) is 4.74 Å². The second-order valence-electron chi connectivity index (χ2n) is 7.15. The van der Waals surface area contributed by atoms with Gasteiger partial charge in [-0.05, 0) is 62.1 Å². The Balaban J connectivity index is 1.83. The van der Waals surface area contributed by atoms with Crippen LogP contribution in [0.2, 0.25) is 0 Å². The van der Waals surface area contributed by atoms with Gasteiger partial charge < -0.3 is 4.74 Å². The molecule has 1 fully saturated rings. The number of anilines is 1. The molecule has 1 amide bonds. The van der Waals surface area contributed by atoms with Crippen LogP contribution in [-0.4, -0.2) is 33.7 Å². The van der Waals surface area contributed by atoms with Crippen LogP contribution >= 0.6 is 0 Å². The summed E-state index contributed by atoms with van der Waals surface area (Å²) < 4.78 is 32.7. The molecule has 1 N–H and O–H groups in total. The summed E-state index contributed by atoms with van der Waals surface area (Å²) in [5.74, 6) is 0.113. The van der Waals surface area contributed by atoms with E-state index in [0.717, 1.165) is 35.7 Å². The molecule has 0 bridgehead atoms. The first-order valence-corrected chi connectivity index (χ1v) is 11.5. The van der Waals surface area contributed by atoms with Crippen LogP contribution in [0.15, 0.2) is 64.6 Å². The average molecular weight is 430 g/mol. The summed E-state index contributed by atoms with van der Waals surface area (Å²) in [4.78, 5) is 12.7.